The van der Waals surface area contributed by atoms with E-state index < -0.39 is 10.9 Å². The summed E-state index contributed by atoms with van der Waals surface area (Å²) < 4.78 is 11.1. The van der Waals surface area contributed by atoms with Crippen LogP contribution in [-0.4, -0.2) is 47.9 Å². The summed E-state index contributed by atoms with van der Waals surface area (Å²) in [7, 11) is 0. The first-order chi connectivity index (χ1) is 13.9. The van der Waals surface area contributed by atoms with Gasteiger partial charge in [0, 0.05) is 18.1 Å². The van der Waals surface area contributed by atoms with Crippen LogP contribution in [0.1, 0.15) is 0 Å². The van der Waals surface area contributed by atoms with Crippen molar-refractivity contribution in [2.75, 3.05) is 31.6 Å². The number of nitrogens with zero attached hydrogens (tertiary/aromatic N) is 2. The number of aliphatic imine (C=N–C) groups is 1. The van der Waals surface area contributed by atoms with E-state index in [1.54, 1.807) is 42.5 Å². The van der Waals surface area contributed by atoms with Crippen LogP contribution in [0, 0.1) is 0 Å². The monoisotopic (exact) mass is 475 g/mol. The van der Waals surface area contributed by atoms with Gasteiger partial charge in [-0.25, -0.2) is 4.79 Å². The molecule has 0 saturated carbocycles. The van der Waals surface area contributed by atoms with Crippen molar-refractivity contribution in [3.63, 3.8) is 0 Å². The number of hydrogen-bond donors (Lipinski definition) is 1. The molecule has 0 unspecified atom stereocenters. The van der Waals surface area contributed by atoms with Gasteiger partial charge < -0.3 is 19.7 Å². The molecule has 29 heavy (non-hydrogen) atoms. The number of amides is 2. The zero-order valence-electron chi connectivity index (χ0n) is 15.1. The molecule has 1 heterocycles. The van der Waals surface area contributed by atoms with Crippen molar-refractivity contribution in [2.24, 2.45) is 4.99 Å². The van der Waals surface area contributed by atoms with E-state index in [4.69, 9.17) is 55.9 Å². The Kier molecular flexibility index (Phi) is 7.86. The Morgan fingerprint density at radius 1 is 1.10 bits per heavy atom. The van der Waals surface area contributed by atoms with Crippen molar-refractivity contribution >= 4 is 64.0 Å². The Morgan fingerprint density at radius 2 is 1.83 bits per heavy atom. The number of hydrogen-bond acceptors (Lipinski definition) is 3. The van der Waals surface area contributed by atoms with Gasteiger partial charge in [0.1, 0.15) is 11.6 Å². The van der Waals surface area contributed by atoms with E-state index in [9.17, 15) is 4.79 Å². The number of carbonyl (C=O) groups is 1. The van der Waals surface area contributed by atoms with Gasteiger partial charge in [-0.1, -0.05) is 58.5 Å². The summed E-state index contributed by atoms with van der Waals surface area (Å²) in [6.45, 7) is 2.13. The third-order valence-corrected chi connectivity index (χ3v) is 4.91. The summed E-state index contributed by atoms with van der Waals surface area (Å²) in [5, 5.41) is 3.53. The van der Waals surface area contributed by atoms with E-state index in [0.717, 1.165) is 0 Å². The van der Waals surface area contributed by atoms with Gasteiger partial charge in [-0.3, -0.25) is 0 Å². The van der Waals surface area contributed by atoms with Crippen LogP contribution in [0.15, 0.2) is 47.5 Å². The van der Waals surface area contributed by atoms with Gasteiger partial charge in [-0.2, -0.15) is 4.99 Å². The lowest BCUT2D eigenvalue weighted by atomic mass is 10.3. The van der Waals surface area contributed by atoms with Crippen LogP contribution < -0.4 is 10.1 Å². The third-order valence-electron chi connectivity index (χ3n) is 3.99. The van der Waals surface area contributed by atoms with Gasteiger partial charge in [-0.15, -0.1) is 0 Å². The van der Waals surface area contributed by atoms with Crippen molar-refractivity contribution in [3.05, 3.63) is 52.5 Å². The van der Waals surface area contributed by atoms with Gasteiger partial charge in [0.2, 0.25) is 0 Å². The van der Waals surface area contributed by atoms with Gasteiger partial charge in [0.15, 0.2) is 10.6 Å². The molecule has 2 amide bonds. The van der Waals surface area contributed by atoms with Crippen LogP contribution in [0.3, 0.4) is 0 Å². The lowest BCUT2D eigenvalue weighted by Gasteiger charge is -2.30. The third kappa shape index (κ3) is 6.14. The lowest BCUT2D eigenvalue weighted by molar-refractivity contribution is 0.0677. The summed E-state index contributed by atoms with van der Waals surface area (Å²) in [5.74, 6) is 1.06. The molecule has 154 valence electrons. The average molecular weight is 477 g/mol. The van der Waals surface area contributed by atoms with Crippen molar-refractivity contribution < 1.29 is 14.3 Å². The number of alkyl halides is 2. The average Bonchev–Trinajstić information content (AvgIpc) is 2.70. The van der Waals surface area contributed by atoms with Crippen molar-refractivity contribution in [2.45, 2.75) is 4.84 Å². The smallest absolute Gasteiger partial charge is 0.347 e. The molecule has 0 spiro atoms. The zero-order chi connectivity index (χ0) is 20.8. The molecule has 6 nitrogen and oxygen atoms in total. The second-order valence-electron chi connectivity index (χ2n) is 5.97. The number of amidine groups is 1. The first kappa shape index (κ1) is 22.0. The first-order valence-electron chi connectivity index (χ1n) is 8.66. The number of anilines is 1. The molecule has 0 aliphatic carbocycles. The number of urea groups is 1. The van der Waals surface area contributed by atoms with Crippen LogP contribution in [0.5, 0.6) is 11.5 Å². The minimum atomic E-state index is -0.946. The van der Waals surface area contributed by atoms with Crippen LogP contribution in [0.4, 0.5) is 10.5 Å². The Balaban J connectivity index is 1.78. The molecule has 1 saturated heterocycles. The molecule has 10 heteroatoms. The molecule has 1 aliphatic heterocycles. The fraction of sp³-hybridized carbons (Fsp3) is 0.263. The molecular weight excluding hydrogens is 460 g/mol. The van der Waals surface area contributed by atoms with E-state index in [-0.39, 0.29) is 5.84 Å². The minimum absolute atomic E-state index is 0.272. The highest BCUT2D eigenvalue weighted by molar-refractivity contribution is 6.54. The van der Waals surface area contributed by atoms with E-state index >= 15 is 0 Å². The molecule has 3 rings (SSSR count). The fourth-order valence-electron chi connectivity index (χ4n) is 2.63. The maximum Gasteiger partial charge on any atom is 0.347 e. The standard InChI is InChI=1S/C19H17Cl4N3O3/c20-12-5-6-15(13(21)11-12)29-16-4-2-1-3-14(16)24-19(27)25-18(17(22)23)26-7-9-28-10-8-26/h1-6,11,17H,7-10H2,(H,24,27)/b25-18+. The van der Waals surface area contributed by atoms with Crippen molar-refractivity contribution in [1.82, 2.24) is 4.90 Å². The van der Waals surface area contributed by atoms with Crippen LogP contribution >= 0.6 is 46.4 Å². The molecule has 2 aromatic carbocycles. The van der Waals surface area contributed by atoms with Gasteiger partial charge in [0.05, 0.1) is 23.9 Å². The van der Waals surface area contributed by atoms with Crippen molar-refractivity contribution in [1.29, 1.82) is 0 Å². The number of para-hydroxylation sites is 2. The molecule has 2 aromatic rings. The molecule has 1 fully saturated rings. The summed E-state index contributed by atoms with van der Waals surface area (Å²) >= 11 is 24.1. The highest BCUT2D eigenvalue weighted by Gasteiger charge is 2.22. The number of halogens is 4. The van der Waals surface area contributed by atoms with Gasteiger partial charge in [-0.05, 0) is 30.3 Å². The number of benzene rings is 2. The predicted octanol–water partition coefficient (Wildman–Crippen LogP) is 5.85. The van der Waals surface area contributed by atoms with Crippen LogP contribution in [0.2, 0.25) is 10.0 Å². The van der Waals surface area contributed by atoms with E-state index in [1.165, 1.54) is 0 Å². The SMILES string of the molecule is O=C(/N=C(\C(Cl)Cl)N1CCOCC1)Nc1ccccc1Oc1ccc(Cl)cc1Cl. The first-order valence-corrected chi connectivity index (χ1v) is 10.3. The highest BCUT2D eigenvalue weighted by atomic mass is 35.5. The Bertz CT molecular complexity index is 902. The maximum atomic E-state index is 12.5. The maximum absolute atomic E-state index is 12.5. The second-order valence-corrected chi connectivity index (χ2v) is 7.91. The molecule has 0 radical (unpaired) electrons. The Hall–Kier alpha value is -1.70. The number of rotatable bonds is 4. The normalized spacial score (nSPS) is 14.8. The molecule has 0 atom stereocenters. The van der Waals surface area contributed by atoms with Crippen molar-refractivity contribution in [3.8, 4) is 11.5 Å². The predicted molar refractivity (Wildman–Crippen MR) is 117 cm³/mol. The number of nitrogens with one attached hydrogen (secondary N) is 1. The van der Waals surface area contributed by atoms with E-state index in [0.29, 0.717) is 53.5 Å². The van der Waals surface area contributed by atoms with Crippen LogP contribution in [0.25, 0.3) is 0 Å². The summed E-state index contributed by atoms with van der Waals surface area (Å²) in [4.78, 5) is 17.4. The summed E-state index contributed by atoms with van der Waals surface area (Å²) in [6, 6.07) is 11.1. The Labute approximate surface area is 188 Å². The van der Waals surface area contributed by atoms with Gasteiger partial charge in [0.25, 0.3) is 0 Å². The van der Waals surface area contributed by atoms with E-state index in [2.05, 4.69) is 10.3 Å². The molecule has 0 bridgehead atoms. The second kappa shape index (κ2) is 10.4. The summed E-state index contributed by atoms with van der Waals surface area (Å²) in [6.07, 6.45) is 0. The largest absolute Gasteiger partial charge is 0.454 e. The zero-order valence-corrected chi connectivity index (χ0v) is 18.1. The molecule has 1 aliphatic rings. The quantitative estimate of drug-likeness (QED) is 0.341. The number of ether oxygens (including phenoxy) is 2. The summed E-state index contributed by atoms with van der Waals surface area (Å²) in [5.41, 5.74) is 0.411. The minimum Gasteiger partial charge on any atom is -0.454 e. The van der Waals surface area contributed by atoms with Crippen LogP contribution in [-0.2, 0) is 4.74 Å². The number of carbonyl (C=O) groups excluding carboxylic acids is 1. The number of morpholine rings is 1. The lowest BCUT2D eigenvalue weighted by Crippen LogP contribution is -2.43. The van der Waals surface area contributed by atoms with Gasteiger partial charge >= 0.3 is 6.03 Å². The molecule has 0 aromatic heterocycles. The topological polar surface area (TPSA) is 63.2 Å². The highest BCUT2D eigenvalue weighted by Crippen LogP contribution is 2.35. The molecule has 1 N–H and O–H groups in total. The fourth-order valence-corrected chi connectivity index (χ4v) is 3.45. The molecular formula is C19H17Cl4N3O3. The van der Waals surface area contributed by atoms with E-state index in [1.807, 2.05) is 4.90 Å². The Morgan fingerprint density at radius 3 is 2.52 bits per heavy atom.